The predicted molar refractivity (Wildman–Crippen MR) is 118 cm³/mol. The number of anilines is 1. The topological polar surface area (TPSA) is 172 Å². The Morgan fingerprint density at radius 2 is 2.16 bits per heavy atom. The van der Waals surface area contributed by atoms with E-state index in [0.717, 1.165) is 6.07 Å². The van der Waals surface area contributed by atoms with E-state index >= 15 is 0 Å². The Morgan fingerprint density at radius 3 is 2.81 bits per heavy atom. The van der Waals surface area contributed by atoms with Gasteiger partial charge in [0.2, 0.25) is 0 Å². The Labute approximate surface area is 183 Å². The standard InChI is InChI=1S/C19H20N8O4S/c1-13(16-12-22-26-7-5-14(11-21)9-18(16)26)23-24-32(30,31)19-10-15(27(28)29)3-4-17(19)25(2)8-6-20/h3-5,7,9-10,12,24H,6,8,20H2,1-2H3. The maximum Gasteiger partial charge on any atom is 0.278 e. The van der Waals surface area contributed by atoms with E-state index in [1.807, 2.05) is 6.07 Å². The summed E-state index contributed by atoms with van der Waals surface area (Å²) in [6.07, 6.45) is 3.11. The molecule has 3 aromatic rings. The number of nitrogens with zero attached hydrogens (tertiary/aromatic N) is 6. The molecule has 0 fully saturated rings. The van der Waals surface area contributed by atoms with Crippen LogP contribution in [0.15, 0.2) is 52.7 Å². The molecule has 1 aromatic carbocycles. The Morgan fingerprint density at radius 1 is 1.41 bits per heavy atom. The van der Waals surface area contributed by atoms with Gasteiger partial charge in [-0.25, -0.2) is 4.52 Å². The molecule has 32 heavy (non-hydrogen) atoms. The first-order chi connectivity index (χ1) is 15.2. The molecule has 0 bridgehead atoms. The van der Waals surface area contributed by atoms with Crippen LogP contribution in [0.3, 0.4) is 0 Å². The van der Waals surface area contributed by atoms with Crippen LogP contribution in [-0.2, 0) is 10.0 Å². The number of fused-ring (bicyclic) bond motifs is 1. The van der Waals surface area contributed by atoms with Crippen molar-refractivity contribution in [1.29, 1.82) is 5.26 Å². The molecule has 0 saturated carbocycles. The molecule has 0 unspecified atom stereocenters. The van der Waals surface area contributed by atoms with Crippen molar-refractivity contribution in [2.24, 2.45) is 10.8 Å². The summed E-state index contributed by atoms with van der Waals surface area (Å²) in [7, 11) is -2.63. The number of non-ortho nitro benzene ring substituents is 1. The number of nitrogens with two attached hydrogens (primary N) is 1. The molecule has 13 heteroatoms. The van der Waals surface area contributed by atoms with Gasteiger partial charge in [0, 0.05) is 44.0 Å². The minimum Gasteiger partial charge on any atom is -0.372 e. The predicted octanol–water partition coefficient (Wildman–Crippen LogP) is 1.21. The highest BCUT2D eigenvalue weighted by Gasteiger charge is 2.24. The van der Waals surface area contributed by atoms with Crippen molar-refractivity contribution in [2.45, 2.75) is 11.8 Å². The van der Waals surface area contributed by atoms with Crippen LogP contribution < -0.4 is 15.5 Å². The first-order valence-electron chi connectivity index (χ1n) is 9.31. The Bertz CT molecular complexity index is 1360. The van der Waals surface area contributed by atoms with Crippen LogP contribution in [0, 0.1) is 21.4 Å². The van der Waals surface area contributed by atoms with E-state index in [9.17, 15) is 18.5 Å². The summed E-state index contributed by atoms with van der Waals surface area (Å²) in [6, 6.07) is 8.79. The van der Waals surface area contributed by atoms with Gasteiger partial charge in [0.15, 0.2) is 0 Å². The van der Waals surface area contributed by atoms with E-state index in [1.54, 1.807) is 37.2 Å². The fourth-order valence-electron chi connectivity index (χ4n) is 3.03. The summed E-state index contributed by atoms with van der Waals surface area (Å²) in [4.78, 5) is 13.9. The molecule has 0 amide bonds. The van der Waals surface area contributed by atoms with Crippen molar-refractivity contribution in [3.63, 3.8) is 0 Å². The lowest BCUT2D eigenvalue weighted by molar-refractivity contribution is -0.385. The molecule has 0 atom stereocenters. The number of hydrazone groups is 1. The summed E-state index contributed by atoms with van der Waals surface area (Å²) < 4.78 is 27.6. The maximum absolute atomic E-state index is 13.0. The van der Waals surface area contributed by atoms with Crippen LogP contribution in [0.1, 0.15) is 18.1 Å². The van der Waals surface area contributed by atoms with Crippen LogP contribution in [-0.4, -0.2) is 48.8 Å². The molecule has 0 spiro atoms. The van der Waals surface area contributed by atoms with Crippen molar-refractivity contribution in [1.82, 2.24) is 14.4 Å². The van der Waals surface area contributed by atoms with E-state index in [2.05, 4.69) is 15.0 Å². The largest absolute Gasteiger partial charge is 0.372 e. The average Bonchev–Trinajstić information content (AvgIpc) is 3.20. The van der Waals surface area contributed by atoms with Crippen LogP contribution in [0.4, 0.5) is 11.4 Å². The zero-order valence-corrected chi connectivity index (χ0v) is 18.1. The van der Waals surface area contributed by atoms with E-state index in [0.29, 0.717) is 28.9 Å². The van der Waals surface area contributed by atoms with Crippen molar-refractivity contribution in [3.05, 3.63) is 64.0 Å². The molecule has 0 saturated heterocycles. The number of nitrogens with one attached hydrogen (secondary N) is 1. The van der Waals surface area contributed by atoms with E-state index < -0.39 is 14.9 Å². The Balaban J connectivity index is 2.00. The quantitative estimate of drug-likeness (QED) is 0.289. The number of pyridine rings is 1. The lowest BCUT2D eigenvalue weighted by Gasteiger charge is -2.21. The Hall–Kier alpha value is -4.02. The van der Waals surface area contributed by atoms with Crippen LogP contribution in [0.25, 0.3) is 5.52 Å². The van der Waals surface area contributed by atoms with Crippen LogP contribution >= 0.6 is 0 Å². The molecular formula is C19H20N8O4S. The van der Waals surface area contributed by atoms with Gasteiger partial charge in [0.05, 0.1) is 39.7 Å². The summed E-state index contributed by atoms with van der Waals surface area (Å²) in [5.74, 6) is 0. The molecule has 0 aliphatic heterocycles. The number of benzene rings is 1. The summed E-state index contributed by atoms with van der Waals surface area (Å²) in [5.41, 5.74) is 7.23. The number of hydrogen-bond donors (Lipinski definition) is 2. The van der Waals surface area contributed by atoms with Gasteiger partial charge in [0.1, 0.15) is 4.90 Å². The minimum absolute atomic E-state index is 0.246. The molecule has 2 heterocycles. The first-order valence-corrected chi connectivity index (χ1v) is 10.8. The number of aromatic nitrogens is 2. The van der Waals surface area contributed by atoms with Crippen molar-refractivity contribution < 1.29 is 13.3 Å². The van der Waals surface area contributed by atoms with Gasteiger partial charge in [0.25, 0.3) is 15.7 Å². The van der Waals surface area contributed by atoms with Crippen LogP contribution in [0.2, 0.25) is 0 Å². The zero-order valence-electron chi connectivity index (χ0n) is 17.3. The number of hydrogen-bond acceptors (Lipinski definition) is 9. The molecule has 3 rings (SSSR count). The number of sulfonamides is 1. The third-order valence-corrected chi connectivity index (χ3v) is 5.93. The minimum atomic E-state index is -4.27. The highest BCUT2D eigenvalue weighted by Crippen LogP contribution is 2.28. The van der Waals surface area contributed by atoms with Crippen molar-refractivity contribution >= 4 is 32.6 Å². The molecule has 2 aromatic heterocycles. The van der Waals surface area contributed by atoms with E-state index in [1.165, 1.54) is 22.8 Å². The smallest absolute Gasteiger partial charge is 0.278 e. The van der Waals surface area contributed by atoms with Crippen molar-refractivity contribution in [2.75, 3.05) is 25.0 Å². The lowest BCUT2D eigenvalue weighted by atomic mass is 10.1. The summed E-state index contributed by atoms with van der Waals surface area (Å²) in [6.45, 7) is 2.18. The third-order valence-electron chi connectivity index (χ3n) is 4.69. The molecule has 0 aliphatic rings. The SMILES string of the molecule is CC(=NNS(=O)(=O)c1cc([N+](=O)[O-])ccc1N(C)CCN)c1cnn2ccc(C#N)cc12. The lowest BCUT2D eigenvalue weighted by Crippen LogP contribution is -2.28. The second-order valence-electron chi connectivity index (χ2n) is 6.83. The molecule has 166 valence electrons. The number of nitro groups is 1. The molecule has 0 radical (unpaired) electrons. The molecule has 12 nitrogen and oxygen atoms in total. The number of likely N-dealkylation sites (N-methyl/N-ethyl adjacent to an activating group) is 1. The second kappa shape index (κ2) is 9.00. The van der Waals surface area contributed by atoms with Gasteiger partial charge < -0.3 is 10.6 Å². The number of nitriles is 1. The molecule has 3 N–H and O–H groups in total. The van der Waals surface area contributed by atoms with Gasteiger partial charge in [-0.2, -0.15) is 28.7 Å². The zero-order chi connectivity index (χ0) is 23.5. The fraction of sp³-hybridized carbons (Fsp3) is 0.211. The Kier molecular flexibility index (Phi) is 6.37. The van der Waals surface area contributed by atoms with Gasteiger partial charge in [-0.05, 0) is 25.1 Å². The normalized spacial score (nSPS) is 11.9. The van der Waals surface area contributed by atoms with Gasteiger partial charge >= 0.3 is 0 Å². The maximum atomic E-state index is 13.0. The third kappa shape index (κ3) is 4.51. The summed E-state index contributed by atoms with van der Waals surface area (Å²) >= 11 is 0. The van der Waals surface area contributed by atoms with Crippen LogP contribution in [0.5, 0.6) is 0 Å². The van der Waals surface area contributed by atoms with Gasteiger partial charge in [-0.15, -0.1) is 0 Å². The van der Waals surface area contributed by atoms with E-state index in [-0.39, 0.29) is 22.8 Å². The number of rotatable bonds is 8. The van der Waals surface area contributed by atoms with Gasteiger partial charge in [-0.1, -0.05) is 0 Å². The van der Waals surface area contributed by atoms with E-state index in [4.69, 9.17) is 11.0 Å². The second-order valence-corrected chi connectivity index (χ2v) is 8.46. The highest BCUT2D eigenvalue weighted by molar-refractivity contribution is 7.89. The number of nitro benzene ring substituents is 1. The fourth-order valence-corrected chi connectivity index (χ4v) is 4.16. The molecule has 0 aliphatic carbocycles. The highest BCUT2D eigenvalue weighted by atomic mass is 32.2. The summed E-state index contributed by atoms with van der Waals surface area (Å²) in [5, 5.41) is 28.4. The van der Waals surface area contributed by atoms with Crippen molar-refractivity contribution in [3.8, 4) is 6.07 Å². The monoisotopic (exact) mass is 456 g/mol. The molecular weight excluding hydrogens is 436 g/mol. The average molecular weight is 456 g/mol. The van der Waals surface area contributed by atoms with Gasteiger partial charge in [-0.3, -0.25) is 10.1 Å². The first kappa shape index (κ1) is 22.7.